The number of rotatable bonds is 2. The van der Waals surface area contributed by atoms with Crippen molar-refractivity contribution < 1.29 is 9.32 Å². The molecule has 2 aliphatic rings. The minimum absolute atomic E-state index is 0.264. The molecule has 1 unspecified atom stereocenters. The van der Waals surface area contributed by atoms with Crippen LogP contribution in [-0.4, -0.2) is 15.9 Å². The van der Waals surface area contributed by atoms with Crippen LogP contribution in [0.15, 0.2) is 28.8 Å². The lowest BCUT2D eigenvalue weighted by atomic mass is 9.88. The number of aryl methyl sites for hydroxylation is 1. The summed E-state index contributed by atoms with van der Waals surface area (Å²) in [6.07, 6.45) is 5.14. The van der Waals surface area contributed by atoms with Crippen molar-refractivity contribution in [1.82, 2.24) is 10.1 Å². The molecule has 0 bridgehead atoms. The number of ketones is 1. The van der Waals surface area contributed by atoms with Crippen LogP contribution in [0.3, 0.4) is 0 Å². The molecule has 0 aliphatic heterocycles. The summed E-state index contributed by atoms with van der Waals surface area (Å²) in [7, 11) is 0. The number of hydrogen-bond donors (Lipinski definition) is 0. The van der Waals surface area contributed by atoms with Gasteiger partial charge in [-0.05, 0) is 36.8 Å². The minimum atomic E-state index is 0.264. The van der Waals surface area contributed by atoms with Crippen LogP contribution >= 0.6 is 0 Å². The number of Topliss-reactive ketones (excluding diaryl/α,β-unsaturated/α-hetero) is 1. The van der Waals surface area contributed by atoms with Crippen LogP contribution < -0.4 is 0 Å². The lowest BCUT2D eigenvalue weighted by Crippen LogP contribution is -2.12. The lowest BCUT2D eigenvalue weighted by molar-refractivity contribution is -0.120. The zero-order valence-electron chi connectivity index (χ0n) is 11.9. The Kier molecular flexibility index (Phi) is 3.09. The second-order valence-electron chi connectivity index (χ2n) is 6.09. The third-order valence-corrected chi connectivity index (χ3v) is 4.79. The van der Waals surface area contributed by atoms with Gasteiger partial charge in [0, 0.05) is 24.7 Å². The van der Waals surface area contributed by atoms with E-state index in [1.165, 1.54) is 11.1 Å². The molecule has 21 heavy (non-hydrogen) atoms. The Balaban J connectivity index is 1.57. The van der Waals surface area contributed by atoms with E-state index in [1.807, 2.05) is 0 Å². The number of nitrogens with zero attached hydrogens (tertiary/aromatic N) is 2. The molecule has 0 radical (unpaired) electrons. The third-order valence-electron chi connectivity index (χ3n) is 4.79. The fourth-order valence-electron chi connectivity index (χ4n) is 3.57. The molecule has 0 spiro atoms. The summed E-state index contributed by atoms with van der Waals surface area (Å²) in [6, 6.07) is 8.51. The summed E-state index contributed by atoms with van der Waals surface area (Å²) in [5, 5.41) is 4.22. The Labute approximate surface area is 123 Å². The van der Waals surface area contributed by atoms with E-state index in [1.54, 1.807) is 0 Å². The normalized spacial score (nSPS) is 22.5. The van der Waals surface area contributed by atoms with E-state index < -0.39 is 0 Å². The molecule has 2 aliphatic carbocycles. The van der Waals surface area contributed by atoms with Crippen molar-refractivity contribution >= 4 is 5.78 Å². The highest BCUT2D eigenvalue weighted by Gasteiger charge is 2.30. The van der Waals surface area contributed by atoms with Gasteiger partial charge in [-0.1, -0.05) is 29.4 Å². The second kappa shape index (κ2) is 5.10. The molecule has 1 atom stereocenters. The quantitative estimate of drug-likeness (QED) is 0.847. The van der Waals surface area contributed by atoms with Gasteiger partial charge in [0.2, 0.25) is 5.89 Å². The monoisotopic (exact) mass is 282 g/mol. The summed E-state index contributed by atoms with van der Waals surface area (Å²) < 4.78 is 5.49. The Morgan fingerprint density at radius 3 is 2.71 bits per heavy atom. The predicted octanol–water partition coefficient (Wildman–Crippen LogP) is 3.37. The lowest BCUT2D eigenvalue weighted by Gasteiger charge is -2.16. The Morgan fingerprint density at radius 1 is 1.05 bits per heavy atom. The Morgan fingerprint density at radius 2 is 1.86 bits per heavy atom. The molecule has 1 fully saturated rings. The van der Waals surface area contributed by atoms with Crippen molar-refractivity contribution in [2.75, 3.05) is 0 Å². The number of benzene rings is 1. The van der Waals surface area contributed by atoms with Crippen molar-refractivity contribution in [3.8, 4) is 0 Å². The first-order chi connectivity index (χ1) is 10.3. The maximum atomic E-state index is 11.3. The van der Waals surface area contributed by atoms with Crippen LogP contribution in [0.5, 0.6) is 0 Å². The van der Waals surface area contributed by atoms with Gasteiger partial charge in [-0.2, -0.15) is 4.98 Å². The molecule has 1 heterocycles. The number of aromatic nitrogens is 2. The number of fused-ring (bicyclic) bond motifs is 1. The Hall–Kier alpha value is -1.97. The first-order valence-electron chi connectivity index (χ1n) is 7.74. The van der Waals surface area contributed by atoms with E-state index in [-0.39, 0.29) is 11.8 Å². The summed E-state index contributed by atoms with van der Waals surface area (Å²) >= 11 is 0. The predicted molar refractivity (Wildman–Crippen MR) is 77.1 cm³/mol. The molecule has 2 aromatic rings. The van der Waals surface area contributed by atoms with Crippen molar-refractivity contribution in [2.45, 2.75) is 50.4 Å². The first-order valence-corrected chi connectivity index (χ1v) is 7.74. The van der Waals surface area contributed by atoms with Gasteiger partial charge in [0.1, 0.15) is 5.78 Å². The molecule has 4 heteroatoms. The highest BCUT2D eigenvalue weighted by atomic mass is 16.5. The maximum Gasteiger partial charge on any atom is 0.229 e. The largest absolute Gasteiger partial charge is 0.339 e. The molecule has 4 rings (SSSR count). The topological polar surface area (TPSA) is 56.0 Å². The number of carbonyl (C=O) groups excluding carboxylic acids is 1. The zero-order valence-corrected chi connectivity index (χ0v) is 11.9. The highest BCUT2D eigenvalue weighted by Crippen LogP contribution is 2.38. The molecule has 4 nitrogen and oxygen atoms in total. The van der Waals surface area contributed by atoms with Gasteiger partial charge in [-0.25, -0.2) is 0 Å². The van der Waals surface area contributed by atoms with E-state index in [4.69, 9.17) is 4.52 Å². The number of carbonyl (C=O) groups is 1. The van der Waals surface area contributed by atoms with Gasteiger partial charge in [0.05, 0.1) is 0 Å². The van der Waals surface area contributed by atoms with Crippen LogP contribution in [0.1, 0.15) is 66.8 Å². The van der Waals surface area contributed by atoms with Crippen LogP contribution in [-0.2, 0) is 11.2 Å². The van der Waals surface area contributed by atoms with E-state index in [0.29, 0.717) is 18.6 Å². The molecular formula is C17H18N2O2. The third kappa shape index (κ3) is 2.28. The fraction of sp³-hybridized carbons (Fsp3) is 0.471. The second-order valence-corrected chi connectivity index (χ2v) is 6.09. The summed E-state index contributed by atoms with van der Waals surface area (Å²) in [4.78, 5) is 16.0. The molecule has 0 amide bonds. The standard InChI is InChI=1S/C17H18N2O2/c20-13-8-5-12(6-9-13)17-18-16(19-21-17)15-10-7-11-3-1-2-4-14(11)15/h1-4,12,15H,5-10H2. The molecule has 1 aromatic carbocycles. The Bertz CT molecular complexity index is 667. The van der Waals surface area contributed by atoms with Crippen LogP contribution in [0.25, 0.3) is 0 Å². The van der Waals surface area contributed by atoms with Gasteiger partial charge in [0.15, 0.2) is 5.82 Å². The van der Waals surface area contributed by atoms with Gasteiger partial charge in [-0.15, -0.1) is 0 Å². The molecule has 108 valence electrons. The number of hydrogen-bond acceptors (Lipinski definition) is 4. The van der Waals surface area contributed by atoms with Crippen LogP contribution in [0.4, 0.5) is 0 Å². The van der Waals surface area contributed by atoms with Gasteiger partial charge >= 0.3 is 0 Å². The van der Waals surface area contributed by atoms with Gasteiger partial charge in [-0.3, -0.25) is 4.79 Å². The van der Waals surface area contributed by atoms with Crippen molar-refractivity contribution in [2.24, 2.45) is 0 Å². The summed E-state index contributed by atoms with van der Waals surface area (Å²) in [5.74, 6) is 2.42. The van der Waals surface area contributed by atoms with E-state index >= 15 is 0 Å². The summed E-state index contributed by atoms with van der Waals surface area (Å²) in [5.41, 5.74) is 2.74. The average molecular weight is 282 g/mol. The van der Waals surface area contributed by atoms with E-state index in [9.17, 15) is 4.79 Å². The average Bonchev–Trinajstić information content (AvgIpc) is 3.14. The van der Waals surface area contributed by atoms with Crippen molar-refractivity contribution in [1.29, 1.82) is 0 Å². The molecule has 0 saturated heterocycles. The molecular weight excluding hydrogens is 264 g/mol. The van der Waals surface area contributed by atoms with Crippen LogP contribution in [0.2, 0.25) is 0 Å². The first kappa shape index (κ1) is 12.7. The fourth-order valence-corrected chi connectivity index (χ4v) is 3.57. The van der Waals surface area contributed by atoms with E-state index in [0.717, 1.165) is 37.4 Å². The van der Waals surface area contributed by atoms with Crippen molar-refractivity contribution in [3.63, 3.8) is 0 Å². The zero-order chi connectivity index (χ0) is 14.2. The van der Waals surface area contributed by atoms with E-state index in [2.05, 4.69) is 34.4 Å². The highest BCUT2D eigenvalue weighted by molar-refractivity contribution is 5.79. The maximum absolute atomic E-state index is 11.3. The smallest absolute Gasteiger partial charge is 0.229 e. The molecule has 1 aromatic heterocycles. The van der Waals surface area contributed by atoms with Gasteiger partial charge < -0.3 is 4.52 Å². The van der Waals surface area contributed by atoms with Gasteiger partial charge in [0.25, 0.3) is 0 Å². The molecule has 0 N–H and O–H groups in total. The van der Waals surface area contributed by atoms with Crippen LogP contribution in [0, 0.1) is 0 Å². The SMILES string of the molecule is O=C1CCC(c2nc(C3CCc4ccccc43)no2)CC1. The molecule has 1 saturated carbocycles. The minimum Gasteiger partial charge on any atom is -0.339 e. The van der Waals surface area contributed by atoms with Crippen molar-refractivity contribution in [3.05, 3.63) is 47.1 Å². The summed E-state index contributed by atoms with van der Waals surface area (Å²) in [6.45, 7) is 0.